The maximum Gasteiger partial charge on any atom is 0.233 e. The quantitative estimate of drug-likeness (QED) is 0.898. The van der Waals surface area contributed by atoms with E-state index in [0.29, 0.717) is 5.91 Å². The van der Waals surface area contributed by atoms with E-state index in [1.807, 2.05) is 23.1 Å². The Balaban J connectivity index is 0.00000133. The van der Waals surface area contributed by atoms with Crippen molar-refractivity contribution < 1.29 is 4.79 Å². The van der Waals surface area contributed by atoms with E-state index < -0.39 is 0 Å². The molecule has 0 aromatic heterocycles. The van der Waals surface area contributed by atoms with Gasteiger partial charge in [-0.1, -0.05) is 36.8 Å². The van der Waals surface area contributed by atoms with Gasteiger partial charge in [0, 0.05) is 26.2 Å². The molecule has 0 spiro atoms. The molecule has 0 bridgehead atoms. The smallest absolute Gasteiger partial charge is 0.233 e. The summed E-state index contributed by atoms with van der Waals surface area (Å²) in [6, 6.07) is 10.3. The van der Waals surface area contributed by atoms with Crippen LogP contribution in [-0.4, -0.2) is 37.0 Å². The topological polar surface area (TPSA) is 32.3 Å². The minimum atomic E-state index is -0.210. The van der Waals surface area contributed by atoms with Gasteiger partial charge in [-0.3, -0.25) is 4.79 Å². The zero-order chi connectivity index (χ0) is 12.4. The van der Waals surface area contributed by atoms with Gasteiger partial charge in [-0.15, -0.1) is 12.4 Å². The molecule has 2 fully saturated rings. The molecule has 104 valence electrons. The van der Waals surface area contributed by atoms with Crippen LogP contribution in [0.1, 0.15) is 24.8 Å². The van der Waals surface area contributed by atoms with Gasteiger partial charge in [0.05, 0.1) is 5.41 Å². The molecule has 1 aromatic carbocycles. The molecule has 2 aliphatic rings. The van der Waals surface area contributed by atoms with Crippen LogP contribution in [0.4, 0.5) is 0 Å². The minimum absolute atomic E-state index is 0. The highest BCUT2D eigenvalue weighted by Gasteiger charge is 2.47. The molecule has 1 N–H and O–H groups in total. The second kappa shape index (κ2) is 5.93. The Morgan fingerprint density at radius 2 is 1.74 bits per heavy atom. The van der Waals surface area contributed by atoms with Crippen molar-refractivity contribution in [3.63, 3.8) is 0 Å². The molecule has 1 aliphatic carbocycles. The summed E-state index contributed by atoms with van der Waals surface area (Å²) in [6.07, 6.45) is 3.20. The lowest BCUT2D eigenvalue weighted by Gasteiger charge is -2.45. The van der Waals surface area contributed by atoms with E-state index in [1.54, 1.807) is 0 Å². The van der Waals surface area contributed by atoms with Crippen molar-refractivity contribution in [2.24, 2.45) is 0 Å². The highest BCUT2D eigenvalue weighted by molar-refractivity contribution is 5.89. The number of carbonyl (C=O) groups is 1. The summed E-state index contributed by atoms with van der Waals surface area (Å²) < 4.78 is 0. The first-order valence-corrected chi connectivity index (χ1v) is 6.89. The number of halogens is 1. The Kier molecular flexibility index (Phi) is 4.48. The lowest BCUT2D eigenvalue weighted by molar-refractivity contribution is -0.141. The van der Waals surface area contributed by atoms with Crippen LogP contribution in [0.25, 0.3) is 0 Å². The maximum atomic E-state index is 12.8. The number of hydrogen-bond acceptors (Lipinski definition) is 2. The SMILES string of the molecule is Cl.O=C(N1CCNCC1)C1(c2ccccc2)CCC1. The third kappa shape index (κ3) is 2.49. The van der Waals surface area contributed by atoms with Crippen LogP contribution >= 0.6 is 12.4 Å². The van der Waals surface area contributed by atoms with Crippen molar-refractivity contribution in [3.8, 4) is 0 Å². The van der Waals surface area contributed by atoms with Crippen molar-refractivity contribution in [1.82, 2.24) is 10.2 Å². The van der Waals surface area contributed by atoms with E-state index in [1.165, 1.54) is 12.0 Å². The van der Waals surface area contributed by atoms with Gasteiger partial charge >= 0.3 is 0 Å². The van der Waals surface area contributed by atoms with Crippen molar-refractivity contribution >= 4 is 18.3 Å². The molecule has 1 heterocycles. The fourth-order valence-corrected chi connectivity index (χ4v) is 3.08. The second-order valence-corrected chi connectivity index (χ2v) is 5.34. The van der Waals surface area contributed by atoms with Gasteiger partial charge in [-0.2, -0.15) is 0 Å². The molecule has 1 saturated heterocycles. The van der Waals surface area contributed by atoms with Gasteiger partial charge in [0.2, 0.25) is 5.91 Å². The van der Waals surface area contributed by atoms with Gasteiger partial charge in [0.1, 0.15) is 0 Å². The van der Waals surface area contributed by atoms with Crippen LogP contribution in [0.5, 0.6) is 0 Å². The molecular weight excluding hydrogens is 260 g/mol. The zero-order valence-corrected chi connectivity index (χ0v) is 11.9. The van der Waals surface area contributed by atoms with Crippen LogP contribution in [0.2, 0.25) is 0 Å². The Morgan fingerprint density at radius 3 is 2.26 bits per heavy atom. The lowest BCUT2D eigenvalue weighted by Crippen LogP contribution is -2.56. The molecule has 1 aromatic rings. The van der Waals surface area contributed by atoms with E-state index in [4.69, 9.17) is 0 Å². The van der Waals surface area contributed by atoms with Crippen molar-refractivity contribution in [2.75, 3.05) is 26.2 Å². The molecule has 19 heavy (non-hydrogen) atoms. The third-order valence-electron chi connectivity index (χ3n) is 4.35. The molecular formula is C15H21ClN2O. The molecule has 0 radical (unpaired) electrons. The highest BCUT2D eigenvalue weighted by atomic mass is 35.5. The molecule has 1 aliphatic heterocycles. The van der Waals surface area contributed by atoms with E-state index in [0.717, 1.165) is 39.0 Å². The number of benzene rings is 1. The van der Waals surface area contributed by atoms with Crippen molar-refractivity contribution in [1.29, 1.82) is 0 Å². The summed E-state index contributed by atoms with van der Waals surface area (Å²) in [4.78, 5) is 14.8. The van der Waals surface area contributed by atoms with Crippen LogP contribution in [-0.2, 0) is 10.2 Å². The predicted octanol–water partition coefficient (Wildman–Crippen LogP) is 1.96. The Bertz CT molecular complexity index is 425. The standard InChI is InChI=1S/C15H20N2O.ClH/c18-14(17-11-9-16-10-12-17)15(7-4-8-15)13-5-2-1-3-6-13;/h1-3,5-6,16H,4,7-12H2;1H. The summed E-state index contributed by atoms with van der Waals surface area (Å²) in [5, 5.41) is 3.30. The third-order valence-corrected chi connectivity index (χ3v) is 4.35. The van der Waals surface area contributed by atoms with Crippen LogP contribution in [0.3, 0.4) is 0 Å². The van der Waals surface area contributed by atoms with Crippen LogP contribution < -0.4 is 5.32 Å². The second-order valence-electron chi connectivity index (χ2n) is 5.34. The number of carbonyl (C=O) groups excluding carboxylic acids is 1. The molecule has 1 amide bonds. The molecule has 3 rings (SSSR count). The highest BCUT2D eigenvalue weighted by Crippen LogP contribution is 2.45. The van der Waals surface area contributed by atoms with Gasteiger partial charge in [0.15, 0.2) is 0 Å². The average molecular weight is 281 g/mol. The number of piperazine rings is 1. The summed E-state index contributed by atoms with van der Waals surface area (Å²) in [5.41, 5.74) is 0.998. The van der Waals surface area contributed by atoms with E-state index >= 15 is 0 Å². The molecule has 3 nitrogen and oxygen atoms in total. The van der Waals surface area contributed by atoms with Gasteiger partial charge < -0.3 is 10.2 Å². The van der Waals surface area contributed by atoms with E-state index in [-0.39, 0.29) is 17.8 Å². The molecule has 0 atom stereocenters. The van der Waals surface area contributed by atoms with Gasteiger partial charge in [0.25, 0.3) is 0 Å². The Morgan fingerprint density at radius 1 is 1.11 bits per heavy atom. The lowest BCUT2D eigenvalue weighted by atomic mass is 9.63. The summed E-state index contributed by atoms with van der Waals surface area (Å²) in [5.74, 6) is 0.349. The minimum Gasteiger partial charge on any atom is -0.339 e. The van der Waals surface area contributed by atoms with Crippen LogP contribution in [0, 0.1) is 0 Å². The zero-order valence-electron chi connectivity index (χ0n) is 11.1. The first-order chi connectivity index (χ1) is 8.83. The summed E-state index contributed by atoms with van der Waals surface area (Å²) in [6.45, 7) is 3.56. The predicted molar refractivity (Wildman–Crippen MR) is 78.7 cm³/mol. The maximum absolute atomic E-state index is 12.8. The molecule has 4 heteroatoms. The fraction of sp³-hybridized carbons (Fsp3) is 0.533. The van der Waals surface area contributed by atoms with Gasteiger partial charge in [-0.05, 0) is 18.4 Å². The normalized spacial score (nSPS) is 21.2. The summed E-state index contributed by atoms with van der Waals surface area (Å²) >= 11 is 0. The van der Waals surface area contributed by atoms with Crippen LogP contribution in [0.15, 0.2) is 30.3 Å². The first-order valence-electron chi connectivity index (χ1n) is 6.89. The molecule has 1 saturated carbocycles. The monoisotopic (exact) mass is 280 g/mol. The number of hydrogen-bond donors (Lipinski definition) is 1. The Labute approximate surface area is 120 Å². The number of rotatable bonds is 2. The Hall–Kier alpha value is -1.06. The van der Waals surface area contributed by atoms with Crippen molar-refractivity contribution in [3.05, 3.63) is 35.9 Å². The fourth-order valence-electron chi connectivity index (χ4n) is 3.08. The average Bonchev–Trinajstić information content (AvgIpc) is 2.40. The van der Waals surface area contributed by atoms with E-state index in [9.17, 15) is 4.79 Å². The number of amides is 1. The number of nitrogens with zero attached hydrogens (tertiary/aromatic N) is 1. The van der Waals surface area contributed by atoms with Crippen molar-refractivity contribution in [2.45, 2.75) is 24.7 Å². The van der Waals surface area contributed by atoms with Gasteiger partial charge in [-0.25, -0.2) is 0 Å². The van der Waals surface area contributed by atoms with E-state index in [2.05, 4.69) is 17.4 Å². The first kappa shape index (κ1) is 14.4. The largest absolute Gasteiger partial charge is 0.339 e. The molecule has 0 unspecified atom stereocenters. The summed E-state index contributed by atoms with van der Waals surface area (Å²) in [7, 11) is 0. The number of nitrogens with one attached hydrogen (secondary N) is 1.